The van der Waals surface area contributed by atoms with Crippen molar-refractivity contribution in [3.63, 3.8) is 0 Å². The van der Waals surface area contributed by atoms with Crippen LogP contribution in [0.25, 0.3) is 0 Å². The SMILES string of the molecule is B[C@@H]1O[C@@H]2COP(N(C(C)C)C(C)C)O[C@H]2[C@@]1(C)F. The van der Waals surface area contributed by atoms with Crippen LogP contribution in [0.15, 0.2) is 0 Å². The van der Waals surface area contributed by atoms with E-state index in [0.29, 0.717) is 18.7 Å². The third kappa shape index (κ3) is 2.84. The van der Waals surface area contributed by atoms with Crippen molar-refractivity contribution in [3.8, 4) is 0 Å². The number of halogens is 1. The van der Waals surface area contributed by atoms with Crippen LogP contribution in [0.1, 0.15) is 34.6 Å². The van der Waals surface area contributed by atoms with Crippen LogP contribution in [0.3, 0.4) is 0 Å². The predicted octanol–water partition coefficient (Wildman–Crippen LogP) is 1.83. The van der Waals surface area contributed by atoms with Crippen LogP contribution in [0, 0.1) is 0 Å². The normalized spacial score (nSPS) is 43.2. The maximum absolute atomic E-state index is 14.7. The van der Waals surface area contributed by atoms with E-state index < -0.39 is 26.3 Å². The molecule has 0 aromatic heterocycles. The van der Waals surface area contributed by atoms with Gasteiger partial charge < -0.3 is 13.8 Å². The third-order valence-electron chi connectivity index (χ3n) is 3.87. The Kier molecular flexibility index (Phi) is 4.59. The van der Waals surface area contributed by atoms with Crippen LogP contribution in [-0.4, -0.2) is 55.1 Å². The quantitative estimate of drug-likeness (QED) is 0.586. The minimum atomic E-state index is -1.45. The van der Waals surface area contributed by atoms with Gasteiger partial charge in [0.25, 0.3) is 8.53 Å². The second-order valence-electron chi connectivity index (χ2n) is 6.10. The summed E-state index contributed by atoms with van der Waals surface area (Å²) in [6.45, 7) is 10.4. The van der Waals surface area contributed by atoms with E-state index in [0.717, 1.165) is 0 Å². The molecule has 1 unspecified atom stereocenters. The lowest BCUT2D eigenvalue weighted by Gasteiger charge is -2.42. The van der Waals surface area contributed by atoms with Crippen molar-refractivity contribution >= 4 is 16.4 Å². The molecule has 0 radical (unpaired) electrons. The van der Waals surface area contributed by atoms with Crippen molar-refractivity contribution in [1.29, 1.82) is 0 Å². The van der Waals surface area contributed by atoms with Crippen LogP contribution in [0.5, 0.6) is 0 Å². The molecule has 0 bridgehead atoms. The Bertz CT molecular complexity index is 324. The van der Waals surface area contributed by atoms with Crippen LogP contribution in [0.2, 0.25) is 0 Å². The first-order valence-corrected chi connectivity index (χ1v) is 8.10. The molecular weight excluding hydrogens is 267 g/mol. The van der Waals surface area contributed by atoms with Gasteiger partial charge in [-0.3, -0.25) is 0 Å². The number of alkyl halides is 1. The topological polar surface area (TPSA) is 30.9 Å². The van der Waals surface area contributed by atoms with E-state index >= 15 is 0 Å². The van der Waals surface area contributed by atoms with E-state index in [1.807, 2.05) is 0 Å². The second-order valence-corrected chi connectivity index (χ2v) is 7.50. The number of fused-ring (bicyclic) bond motifs is 1. The number of hydrogen-bond donors (Lipinski definition) is 0. The number of nitrogens with zero attached hydrogens (tertiary/aromatic N) is 1. The molecule has 110 valence electrons. The summed E-state index contributed by atoms with van der Waals surface area (Å²) in [5, 5.41) is 0. The van der Waals surface area contributed by atoms with Gasteiger partial charge in [0.05, 0.1) is 12.6 Å². The van der Waals surface area contributed by atoms with E-state index in [1.54, 1.807) is 14.8 Å². The van der Waals surface area contributed by atoms with E-state index in [4.69, 9.17) is 13.8 Å². The molecule has 7 heteroatoms. The van der Waals surface area contributed by atoms with Crippen LogP contribution >= 0.6 is 8.53 Å². The number of rotatable bonds is 3. The van der Waals surface area contributed by atoms with Gasteiger partial charge in [0, 0.05) is 12.1 Å². The Labute approximate surface area is 117 Å². The summed E-state index contributed by atoms with van der Waals surface area (Å²) in [6, 6.07) is 0.147. The monoisotopic (exact) mass is 291 g/mol. The van der Waals surface area contributed by atoms with Crippen LogP contribution in [0.4, 0.5) is 4.39 Å². The van der Waals surface area contributed by atoms with Crippen molar-refractivity contribution < 1.29 is 18.2 Å². The van der Waals surface area contributed by atoms with Crippen molar-refractivity contribution in [2.45, 2.75) is 70.6 Å². The summed E-state index contributed by atoms with van der Waals surface area (Å²) >= 11 is 0. The van der Waals surface area contributed by atoms with Crippen molar-refractivity contribution in [1.82, 2.24) is 4.67 Å². The fourth-order valence-electron chi connectivity index (χ4n) is 2.72. The molecule has 19 heavy (non-hydrogen) atoms. The van der Waals surface area contributed by atoms with Gasteiger partial charge in [-0.05, 0) is 34.6 Å². The molecular formula is C12H24BFNO3P. The zero-order chi connectivity index (χ0) is 14.4. The highest BCUT2D eigenvalue weighted by Gasteiger charge is 2.57. The maximum Gasteiger partial charge on any atom is 0.259 e. The Hall–Kier alpha value is 0.265. The summed E-state index contributed by atoms with van der Waals surface area (Å²) in [5.41, 5.74) is -1.45. The van der Waals surface area contributed by atoms with E-state index in [2.05, 4.69) is 32.4 Å². The molecule has 0 aliphatic carbocycles. The van der Waals surface area contributed by atoms with Crippen LogP contribution in [-0.2, 0) is 13.8 Å². The van der Waals surface area contributed by atoms with Gasteiger partial charge in [-0.2, -0.15) is 0 Å². The van der Waals surface area contributed by atoms with Gasteiger partial charge in [-0.25, -0.2) is 9.06 Å². The van der Waals surface area contributed by atoms with Crippen molar-refractivity contribution in [3.05, 3.63) is 0 Å². The third-order valence-corrected chi connectivity index (χ3v) is 5.95. The molecule has 0 N–H and O–H groups in total. The van der Waals surface area contributed by atoms with Gasteiger partial charge >= 0.3 is 0 Å². The minimum absolute atomic E-state index is 0.287. The molecule has 0 aromatic carbocycles. The fourth-order valence-corrected chi connectivity index (χ4v) is 4.59. The second kappa shape index (κ2) is 5.57. The average Bonchev–Trinajstić information content (AvgIpc) is 2.50. The zero-order valence-electron chi connectivity index (χ0n) is 12.6. The van der Waals surface area contributed by atoms with Crippen LogP contribution < -0.4 is 0 Å². The summed E-state index contributed by atoms with van der Waals surface area (Å²) < 4.78 is 34.2. The highest BCUT2D eigenvalue weighted by Crippen LogP contribution is 2.54. The lowest BCUT2D eigenvalue weighted by atomic mass is 9.83. The number of ether oxygens (including phenoxy) is 1. The van der Waals surface area contributed by atoms with E-state index in [9.17, 15) is 4.39 Å². The molecule has 0 saturated carbocycles. The molecule has 4 nitrogen and oxygen atoms in total. The van der Waals surface area contributed by atoms with Gasteiger partial charge in [0.15, 0.2) is 5.67 Å². The van der Waals surface area contributed by atoms with Crippen molar-refractivity contribution in [2.75, 3.05) is 6.61 Å². The molecule has 2 aliphatic heterocycles. The molecule has 2 fully saturated rings. The van der Waals surface area contributed by atoms with Gasteiger partial charge in [0.2, 0.25) is 0 Å². The molecule has 2 rings (SSSR count). The molecule has 0 aromatic rings. The Balaban J connectivity index is 2.12. The Morgan fingerprint density at radius 3 is 2.42 bits per heavy atom. The Morgan fingerprint density at radius 1 is 1.32 bits per heavy atom. The highest BCUT2D eigenvalue weighted by molar-refractivity contribution is 7.44. The lowest BCUT2D eigenvalue weighted by Crippen LogP contribution is -2.47. The van der Waals surface area contributed by atoms with Gasteiger partial charge in [0.1, 0.15) is 20.1 Å². The van der Waals surface area contributed by atoms with E-state index in [-0.39, 0.29) is 6.10 Å². The first kappa shape index (κ1) is 15.6. The maximum atomic E-state index is 14.7. The summed E-state index contributed by atoms with van der Waals surface area (Å²) in [6.07, 6.45) is -0.813. The van der Waals surface area contributed by atoms with Crippen molar-refractivity contribution in [2.24, 2.45) is 0 Å². The van der Waals surface area contributed by atoms with Gasteiger partial charge in [-0.1, -0.05) is 0 Å². The summed E-state index contributed by atoms with van der Waals surface area (Å²) in [4.78, 5) is 0. The van der Waals surface area contributed by atoms with Gasteiger partial charge in [-0.15, -0.1) is 0 Å². The molecule has 5 atom stereocenters. The minimum Gasteiger partial charge on any atom is -0.375 e. The smallest absolute Gasteiger partial charge is 0.259 e. The average molecular weight is 291 g/mol. The first-order valence-electron chi connectivity index (χ1n) is 6.97. The first-order chi connectivity index (χ1) is 8.75. The largest absolute Gasteiger partial charge is 0.375 e. The lowest BCUT2D eigenvalue weighted by molar-refractivity contribution is -0.0364. The molecule has 2 heterocycles. The Morgan fingerprint density at radius 2 is 1.89 bits per heavy atom. The molecule has 0 spiro atoms. The standard InChI is InChI=1S/C12H24BFNO3P/c1-7(2)15(8(3)4)19-16-6-9-10(18-19)12(5,14)11(13)17-9/h7-11H,6,13H2,1-5H3/t9-,10-,11-,12-,19?/m1/s1. The summed E-state index contributed by atoms with van der Waals surface area (Å²) in [5.74, 6) is 0. The predicted molar refractivity (Wildman–Crippen MR) is 76.6 cm³/mol. The highest BCUT2D eigenvalue weighted by atomic mass is 31.2. The molecule has 2 aliphatic rings. The van der Waals surface area contributed by atoms with E-state index in [1.165, 1.54) is 0 Å². The molecule has 2 saturated heterocycles. The molecule has 0 amide bonds. The fraction of sp³-hybridized carbons (Fsp3) is 1.00. The zero-order valence-corrected chi connectivity index (χ0v) is 13.5. The summed E-state index contributed by atoms with van der Waals surface area (Å²) in [7, 11) is 0.547. The number of hydrogen-bond acceptors (Lipinski definition) is 4.